The van der Waals surface area contributed by atoms with Crippen LogP contribution >= 0.6 is 11.3 Å². The van der Waals surface area contributed by atoms with Crippen molar-refractivity contribution in [3.63, 3.8) is 0 Å². The van der Waals surface area contributed by atoms with Crippen molar-refractivity contribution in [3.05, 3.63) is 102 Å². The number of allylic oxidation sites excluding steroid dienone is 5. The number of aromatic amines is 2. The highest BCUT2D eigenvalue weighted by Gasteiger charge is 2.21. The number of aromatic nitrogens is 4. The minimum Gasteiger partial charge on any atom is -0.359 e. The number of rotatable bonds is 8. The van der Waals surface area contributed by atoms with E-state index >= 15 is 0 Å². The monoisotopic (exact) mass is 503 g/mol. The normalized spacial score (nSPS) is 14.7. The largest absolute Gasteiger partial charge is 0.359 e. The maximum absolute atomic E-state index is 5.05. The molecule has 0 aliphatic heterocycles. The van der Waals surface area contributed by atoms with Gasteiger partial charge >= 0.3 is 0 Å². The number of hydrogen-bond acceptors (Lipinski definition) is 4. The third-order valence-electron chi connectivity index (χ3n) is 7.15. The second kappa shape index (κ2) is 9.71. The molecular formula is C31H29N5S. The molecule has 4 heterocycles. The Kier molecular flexibility index (Phi) is 6.10. The summed E-state index contributed by atoms with van der Waals surface area (Å²) in [5.74, 6) is 0.553. The molecule has 5 aromatic rings. The quantitative estimate of drug-likeness (QED) is 0.187. The Morgan fingerprint density at radius 2 is 2.03 bits per heavy atom. The molecule has 3 N–H and O–H groups in total. The van der Waals surface area contributed by atoms with Crippen LogP contribution in [0.5, 0.6) is 0 Å². The lowest BCUT2D eigenvalue weighted by atomic mass is 9.83. The average molecular weight is 504 g/mol. The zero-order valence-corrected chi connectivity index (χ0v) is 21.7. The number of nitrogens with zero attached hydrogens (tertiary/aromatic N) is 2. The third-order valence-corrected chi connectivity index (χ3v) is 8.06. The number of thiophene rings is 1. The molecule has 0 unspecified atom stereocenters. The van der Waals surface area contributed by atoms with Gasteiger partial charge in [0.25, 0.3) is 0 Å². The van der Waals surface area contributed by atoms with Crippen LogP contribution in [0.4, 0.5) is 0 Å². The van der Waals surface area contributed by atoms with Crippen LogP contribution in [0, 0.1) is 5.92 Å². The van der Waals surface area contributed by atoms with Gasteiger partial charge in [0.15, 0.2) is 0 Å². The Morgan fingerprint density at radius 3 is 2.76 bits per heavy atom. The van der Waals surface area contributed by atoms with Crippen molar-refractivity contribution >= 4 is 38.8 Å². The van der Waals surface area contributed by atoms with Crippen molar-refractivity contribution in [2.24, 2.45) is 5.92 Å². The third kappa shape index (κ3) is 4.34. The second-order valence-electron chi connectivity index (χ2n) is 9.42. The van der Waals surface area contributed by atoms with Gasteiger partial charge in [0, 0.05) is 32.7 Å². The van der Waals surface area contributed by atoms with E-state index in [2.05, 4.69) is 87.6 Å². The summed E-state index contributed by atoms with van der Waals surface area (Å²) in [5.41, 5.74) is 9.67. The number of fused-ring (bicyclic) bond motifs is 2. The first-order chi connectivity index (χ1) is 18.1. The van der Waals surface area contributed by atoms with E-state index < -0.39 is 0 Å². The van der Waals surface area contributed by atoms with Crippen LogP contribution in [0.1, 0.15) is 31.9 Å². The van der Waals surface area contributed by atoms with Gasteiger partial charge in [0.05, 0.1) is 16.9 Å². The summed E-state index contributed by atoms with van der Waals surface area (Å²) < 4.78 is 0. The lowest BCUT2D eigenvalue weighted by Gasteiger charge is -2.28. The molecule has 0 spiro atoms. The van der Waals surface area contributed by atoms with Gasteiger partial charge in [0.1, 0.15) is 11.2 Å². The van der Waals surface area contributed by atoms with E-state index in [-0.39, 0.29) is 0 Å². The predicted molar refractivity (Wildman–Crippen MR) is 156 cm³/mol. The number of benzene rings is 1. The molecule has 37 heavy (non-hydrogen) atoms. The fourth-order valence-electron chi connectivity index (χ4n) is 4.84. The fourth-order valence-corrected chi connectivity index (χ4v) is 5.61. The van der Waals surface area contributed by atoms with E-state index in [1.807, 2.05) is 25.1 Å². The summed E-state index contributed by atoms with van der Waals surface area (Å²) >= 11 is 1.75. The number of hydrogen-bond donors (Lipinski definition) is 3. The molecule has 1 aliphatic carbocycles. The van der Waals surface area contributed by atoms with Crippen LogP contribution in [-0.4, -0.2) is 20.2 Å². The van der Waals surface area contributed by atoms with Crippen LogP contribution in [0.15, 0.2) is 96.7 Å². The molecule has 1 aliphatic rings. The van der Waals surface area contributed by atoms with E-state index in [4.69, 9.17) is 4.98 Å². The molecular weight excluding hydrogens is 474 g/mol. The van der Waals surface area contributed by atoms with E-state index in [0.717, 1.165) is 50.6 Å². The second-order valence-corrected chi connectivity index (χ2v) is 10.4. The van der Waals surface area contributed by atoms with Crippen LogP contribution in [0.25, 0.3) is 49.3 Å². The van der Waals surface area contributed by atoms with Gasteiger partial charge in [-0.25, -0.2) is 4.98 Å². The summed E-state index contributed by atoms with van der Waals surface area (Å²) in [6, 6.07) is 16.8. The summed E-state index contributed by atoms with van der Waals surface area (Å²) in [7, 11) is 0. The molecule has 6 heteroatoms. The predicted octanol–water partition coefficient (Wildman–Crippen LogP) is 8.21. The maximum Gasteiger partial charge on any atom is 0.135 e. The minimum atomic E-state index is 0.553. The van der Waals surface area contributed by atoms with Crippen LogP contribution < -0.4 is 5.32 Å². The van der Waals surface area contributed by atoms with Gasteiger partial charge in [-0.05, 0) is 79.1 Å². The molecule has 0 amide bonds. The Bertz CT molecular complexity index is 1680. The Labute approximate surface area is 220 Å². The van der Waals surface area contributed by atoms with Crippen molar-refractivity contribution in [2.75, 3.05) is 0 Å². The first-order valence-electron chi connectivity index (χ1n) is 12.6. The van der Waals surface area contributed by atoms with Gasteiger partial charge in [-0.15, -0.1) is 11.3 Å². The molecule has 0 bridgehead atoms. The molecule has 5 nitrogen and oxygen atoms in total. The maximum atomic E-state index is 5.05. The molecule has 0 radical (unpaired) electrons. The molecule has 0 atom stereocenters. The van der Waals surface area contributed by atoms with Crippen molar-refractivity contribution in [2.45, 2.75) is 26.2 Å². The van der Waals surface area contributed by atoms with Gasteiger partial charge in [-0.1, -0.05) is 43.9 Å². The molecule has 6 rings (SSSR count). The van der Waals surface area contributed by atoms with Crippen LogP contribution in [-0.2, 0) is 0 Å². The highest BCUT2D eigenvalue weighted by atomic mass is 32.1. The molecule has 0 saturated heterocycles. The average Bonchev–Trinajstić information content (AvgIpc) is 3.64. The highest BCUT2D eigenvalue weighted by molar-refractivity contribution is 7.13. The minimum absolute atomic E-state index is 0.553. The zero-order chi connectivity index (χ0) is 25.4. The summed E-state index contributed by atoms with van der Waals surface area (Å²) in [6.45, 7) is 10.3. The first-order valence-corrected chi connectivity index (χ1v) is 13.5. The Morgan fingerprint density at radius 1 is 1.14 bits per heavy atom. The van der Waals surface area contributed by atoms with Gasteiger partial charge < -0.3 is 10.3 Å². The molecule has 4 aromatic heterocycles. The first kappa shape index (κ1) is 23.3. The lowest BCUT2D eigenvalue weighted by molar-refractivity contribution is 0.356. The summed E-state index contributed by atoms with van der Waals surface area (Å²) in [5, 5.41) is 14.5. The molecule has 1 aromatic carbocycles. The number of nitrogens with one attached hydrogen (secondary N) is 3. The standard InChI is InChI=1S/C31H29N5S/c1-4-20(17-22(5-2)32-19(3)21-9-6-10-21)25-14-15-27-30(34-25)31(36-35-27)28-18-24-23(29-13-8-16-37-29)11-7-12-26(24)33-28/h4-5,7-8,11-18,21,32-33H,2-3,6,9-10H2,1H3,(H,35,36)/b20-4+,22-17+. The number of pyridine rings is 1. The summed E-state index contributed by atoms with van der Waals surface area (Å²) in [4.78, 5) is 9.86. The van der Waals surface area contributed by atoms with E-state index in [0.29, 0.717) is 5.92 Å². The molecule has 1 saturated carbocycles. The fraction of sp³-hybridized carbons (Fsp3) is 0.161. The van der Waals surface area contributed by atoms with Gasteiger partial charge in [-0.2, -0.15) is 5.10 Å². The molecule has 1 fully saturated rings. The lowest BCUT2D eigenvalue weighted by Crippen LogP contribution is -2.23. The molecule has 184 valence electrons. The van der Waals surface area contributed by atoms with Gasteiger partial charge in [-0.3, -0.25) is 5.10 Å². The Hall–Kier alpha value is -4.16. The highest BCUT2D eigenvalue weighted by Crippen LogP contribution is 2.36. The smallest absolute Gasteiger partial charge is 0.135 e. The van der Waals surface area contributed by atoms with E-state index in [9.17, 15) is 0 Å². The Balaban J connectivity index is 1.37. The van der Waals surface area contributed by atoms with Crippen molar-refractivity contribution in [3.8, 4) is 21.8 Å². The van der Waals surface area contributed by atoms with Crippen molar-refractivity contribution in [1.29, 1.82) is 0 Å². The van der Waals surface area contributed by atoms with Crippen LogP contribution in [0.2, 0.25) is 0 Å². The van der Waals surface area contributed by atoms with Crippen LogP contribution in [0.3, 0.4) is 0 Å². The van der Waals surface area contributed by atoms with Crippen molar-refractivity contribution in [1.82, 2.24) is 25.5 Å². The number of H-pyrrole nitrogens is 2. The SMILES string of the molecule is C=C/C(=C\C(=C/C)c1ccc2[nH]nc(-c3cc4c(-c5cccs5)cccc4[nH]3)c2n1)NC(=C)C1CCC1. The van der Waals surface area contributed by atoms with E-state index in [1.54, 1.807) is 11.3 Å². The zero-order valence-electron chi connectivity index (χ0n) is 20.8. The topological polar surface area (TPSA) is 69.4 Å². The van der Waals surface area contributed by atoms with Gasteiger partial charge in [0.2, 0.25) is 0 Å². The van der Waals surface area contributed by atoms with Crippen molar-refractivity contribution < 1.29 is 0 Å². The summed E-state index contributed by atoms with van der Waals surface area (Å²) in [6.07, 6.45) is 9.68. The van der Waals surface area contributed by atoms with E-state index in [1.165, 1.54) is 35.1 Å².